The Balaban J connectivity index is 1.73. The molecule has 124 valence electrons. The number of nitrogens with zero attached hydrogens (tertiary/aromatic N) is 5. The molecule has 0 unspecified atom stereocenters. The number of aromatic nitrogens is 3. The van der Waals surface area contributed by atoms with Crippen LogP contribution >= 0.6 is 0 Å². The first kappa shape index (κ1) is 15.1. The van der Waals surface area contributed by atoms with Crippen molar-refractivity contribution < 1.29 is 4.79 Å². The molecule has 0 bridgehead atoms. The highest BCUT2D eigenvalue weighted by Crippen LogP contribution is 2.34. The van der Waals surface area contributed by atoms with E-state index in [0.717, 1.165) is 48.4 Å². The van der Waals surface area contributed by atoms with E-state index in [4.69, 9.17) is 9.97 Å². The fourth-order valence-corrected chi connectivity index (χ4v) is 3.18. The molecule has 0 atom stereocenters. The van der Waals surface area contributed by atoms with Crippen LogP contribution in [0.4, 0.5) is 5.82 Å². The topological polar surface area (TPSA) is 62.2 Å². The molecule has 0 radical (unpaired) electrons. The number of rotatable bonds is 3. The molecule has 6 heteroatoms. The summed E-state index contributed by atoms with van der Waals surface area (Å²) in [5.74, 6) is 2.15. The molecule has 4 rings (SSSR count). The van der Waals surface area contributed by atoms with Gasteiger partial charge in [0.25, 0.3) is 0 Å². The fraction of sp³-hybridized carbons (Fsp3) is 0.444. The predicted molar refractivity (Wildman–Crippen MR) is 91.4 cm³/mol. The van der Waals surface area contributed by atoms with E-state index >= 15 is 0 Å². The van der Waals surface area contributed by atoms with Crippen molar-refractivity contribution in [3.8, 4) is 11.4 Å². The lowest BCUT2D eigenvalue weighted by Gasteiger charge is -2.30. The largest absolute Gasteiger partial charge is 0.362 e. The van der Waals surface area contributed by atoms with Gasteiger partial charge in [0.05, 0.1) is 12.2 Å². The Morgan fingerprint density at radius 3 is 2.79 bits per heavy atom. The lowest BCUT2D eigenvalue weighted by atomic mass is 10.0. The minimum absolute atomic E-state index is 0.250. The van der Waals surface area contributed by atoms with E-state index in [0.29, 0.717) is 12.4 Å². The second-order valence-electron chi connectivity index (χ2n) is 6.72. The van der Waals surface area contributed by atoms with Gasteiger partial charge in [-0.25, -0.2) is 9.97 Å². The maximum absolute atomic E-state index is 12.4. The number of amides is 1. The summed E-state index contributed by atoms with van der Waals surface area (Å²) in [5, 5.41) is 0. The Kier molecular flexibility index (Phi) is 3.67. The van der Waals surface area contributed by atoms with Crippen LogP contribution in [0.1, 0.15) is 24.1 Å². The van der Waals surface area contributed by atoms with Gasteiger partial charge in [-0.05, 0) is 31.4 Å². The van der Waals surface area contributed by atoms with Gasteiger partial charge >= 0.3 is 0 Å². The molecule has 2 aromatic rings. The highest BCUT2D eigenvalue weighted by molar-refractivity contribution is 5.81. The minimum Gasteiger partial charge on any atom is -0.362 e. The third-order valence-electron chi connectivity index (χ3n) is 4.62. The first-order valence-electron chi connectivity index (χ1n) is 8.40. The molecule has 0 saturated heterocycles. The summed E-state index contributed by atoms with van der Waals surface area (Å²) >= 11 is 0. The first-order chi connectivity index (χ1) is 11.6. The molecule has 3 heterocycles. The number of carbonyl (C=O) groups excluding carboxylic acids is 1. The lowest BCUT2D eigenvalue weighted by molar-refractivity contribution is -0.133. The van der Waals surface area contributed by atoms with Crippen LogP contribution < -0.4 is 4.90 Å². The van der Waals surface area contributed by atoms with E-state index in [2.05, 4.69) is 4.98 Å². The smallest absolute Gasteiger partial charge is 0.226 e. The van der Waals surface area contributed by atoms with Crippen molar-refractivity contribution in [2.45, 2.75) is 25.8 Å². The van der Waals surface area contributed by atoms with E-state index in [1.807, 2.05) is 36.0 Å². The van der Waals surface area contributed by atoms with Crippen LogP contribution in [0.2, 0.25) is 0 Å². The molecule has 6 nitrogen and oxygen atoms in total. The SMILES string of the molecule is CN(C)c1nc(-c2cccnc2)nc2c1CCN(C(=O)C1CC1)C2. The monoisotopic (exact) mass is 323 g/mol. The van der Waals surface area contributed by atoms with Gasteiger partial charge in [-0.2, -0.15) is 0 Å². The van der Waals surface area contributed by atoms with Crippen molar-refractivity contribution in [1.29, 1.82) is 0 Å². The molecule has 1 aliphatic heterocycles. The van der Waals surface area contributed by atoms with Gasteiger partial charge in [-0.1, -0.05) is 0 Å². The third-order valence-corrected chi connectivity index (χ3v) is 4.62. The number of carbonyl (C=O) groups is 1. The Morgan fingerprint density at radius 1 is 1.29 bits per heavy atom. The summed E-state index contributed by atoms with van der Waals surface area (Å²) in [6.45, 7) is 1.35. The van der Waals surface area contributed by atoms with Gasteiger partial charge in [-0.3, -0.25) is 9.78 Å². The second-order valence-corrected chi connectivity index (χ2v) is 6.72. The van der Waals surface area contributed by atoms with E-state index in [9.17, 15) is 4.79 Å². The summed E-state index contributed by atoms with van der Waals surface area (Å²) in [4.78, 5) is 30.1. The number of anilines is 1. The zero-order valence-electron chi connectivity index (χ0n) is 14.1. The predicted octanol–water partition coefficient (Wildman–Crippen LogP) is 1.90. The standard InChI is InChI=1S/C18H21N5O/c1-22(2)17-14-7-9-23(18(24)12-5-6-12)11-15(14)20-16(21-17)13-4-3-8-19-10-13/h3-4,8,10,12H,5-7,9,11H2,1-2H3. The van der Waals surface area contributed by atoms with Crippen LogP contribution in [0.5, 0.6) is 0 Å². The van der Waals surface area contributed by atoms with Crippen LogP contribution in [0.15, 0.2) is 24.5 Å². The molecule has 1 fully saturated rings. The molecule has 24 heavy (non-hydrogen) atoms. The van der Waals surface area contributed by atoms with Gasteiger partial charge in [0, 0.05) is 50.1 Å². The summed E-state index contributed by atoms with van der Waals surface area (Å²) < 4.78 is 0. The zero-order chi connectivity index (χ0) is 16.7. The molecule has 1 aliphatic carbocycles. The summed E-state index contributed by atoms with van der Waals surface area (Å²) in [7, 11) is 3.99. The number of hydrogen-bond donors (Lipinski definition) is 0. The van der Waals surface area contributed by atoms with Crippen molar-refractivity contribution in [3.63, 3.8) is 0 Å². The second kappa shape index (κ2) is 5.85. The normalized spacial score (nSPS) is 16.7. The molecule has 0 N–H and O–H groups in total. The molecule has 2 aromatic heterocycles. The first-order valence-corrected chi connectivity index (χ1v) is 8.40. The fourth-order valence-electron chi connectivity index (χ4n) is 3.18. The molecule has 1 saturated carbocycles. The van der Waals surface area contributed by atoms with Crippen molar-refractivity contribution in [2.24, 2.45) is 5.92 Å². The molecular weight excluding hydrogens is 302 g/mol. The quantitative estimate of drug-likeness (QED) is 0.863. The van der Waals surface area contributed by atoms with Gasteiger partial charge in [-0.15, -0.1) is 0 Å². The molecule has 2 aliphatic rings. The summed E-state index contributed by atoms with van der Waals surface area (Å²) in [5.41, 5.74) is 3.02. The van der Waals surface area contributed by atoms with Gasteiger partial charge < -0.3 is 9.80 Å². The van der Waals surface area contributed by atoms with E-state index in [-0.39, 0.29) is 11.8 Å². The summed E-state index contributed by atoms with van der Waals surface area (Å²) in [6, 6.07) is 3.85. The van der Waals surface area contributed by atoms with Gasteiger partial charge in [0.1, 0.15) is 5.82 Å². The Labute approximate surface area is 141 Å². The van der Waals surface area contributed by atoms with Crippen molar-refractivity contribution >= 4 is 11.7 Å². The number of fused-ring (bicyclic) bond motifs is 1. The highest BCUT2D eigenvalue weighted by atomic mass is 16.2. The van der Waals surface area contributed by atoms with Gasteiger partial charge in [0.2, 0.25) is 5.91 Å². The maximum atomic E-state index is 12.4. The van der Waals surface area contributed by atoms with Crippen molar-refractivity contribution in [3.05, 3.63) is 35.8 Å². The van der Waals surface area contributed by atoms with Crippen LogP contribution in [0.3, 0.4) is 0 Å². The average molecular weight is 323 g/mol. The van der Waals surface area contributed by atoms with E-state index < -0.39 is 0 Å². The Bertz CT molecular complexity index is 770. The van der Waals surface area contributed by atoms with Gasteiger partial charge in [0.15, 0.2) is 5.82 Å². The van der Waals surface area contributed by atoms with E-state index in [1.165, 1.54) is 0 Å². The van der Waals surface area contributed by atoms with Crippen LogP contribution in [-0.4, -0.2) is 46.4 Å². The Hall–Kier alpha value is -2.50. The average Bonchev–Trinajstić information content (AvgIpc) is 3.45. The highest BCUT2D eigenvalue weighted by Gasteiger charge is 2.35. The molecular formula is C18H21N5O. The van der Waals surface area contributed by atoms with Crippen molar-refractivity contribution in [1.82, 2.24) is 19.9 Å². The van der Waals surface area contributed by atoms with Crippen LogP contribution in [-0.2, 0) is 17.8 Å². The summed E-state index contributed by atoms with van der Waals surface area (Å²) in [6.07, 6.45) is 6.40. The minimum atomic E-state index is 0.250. The Morgan fingerprint density at radius 2 is 2.12 bits per heavy atom. The lowest BCUT2D eigenvalue weighted by Crippen LogP contribution is -2.38. The third kappa shape index (κ3) is 2.72. The molecule has 1 amide bonds. The van der Waals surface area contributed by atoms with Crippen LogP contribution in [0.25, 0.3) is 11.4 Å². The van der Waals surface area contributed by atoms with E-state index in [1.54, 1.807) is 12.4 Å². The van der Waals surface area contributed by atoms with Crippen LogP contribution in [0, 0.1) is 5.92 Å². The molecule has 0 aromatic carbocycles. The number of hydrogen-bond acceptors (Lipinski definition) is 5. The maximum Gasteiger partial charge on any atom is 0.226 e. The van der Waals surface area contributed by atoms with Crippen molar-refractivity contribution in [2.75, 3.05) is 25.5 Å². The molecule has 0 spiro atoms. The number of pyridine rings is 1. The zero-order valence-corrected chi connectivity index (χ0v) is 14.1.